The zero-order valence-corrected chi connectivity index (χ0v) is 4.77. The summed E-state index contributed by atoms with van der Waals surface area (Å²) in [5.74, 6) is -1.08. The fourth-order valence-electron chi connectivity index (χ4n) is 0. The smallest absolute Gasteiger partial charge is 0.550 e. The Morgan fingerprint density at radius 3 is 1.67 bits per heavy atom. The molecule has 4 heteroatoms. The summed E-state index contributed by atoms with van der Waals surface area (Å²) in [6.07, 6.45) is 0. The molecule has 0 spiro atoms. The summed E-state index contributed by atoms with van der Waals surface area (Å²) in [6.45, 7) is 0.972. The van der Waals surface area contributed by atoms with Gasteiger partial charge in [0.15, 0.2) is 0 Å². The molecule has 0 heterocycles. The van der Waals surface area contributed by atoms with Crippen LogP contribution >= 0.6 is 0 Å². The molecule has 0 bridgehead atoms. The van der Waals surface area contributed by atoms with Gasteiger partial charge in [-0.3, -0.25) is 0 Å². The predicted molar refractivity (Wildman–Crippen MR) is 16.7 cm³/mol. The molecule has 3 nitrogen and oxygen atoms in total. The zero-order valence-electron chi connectivity index (χ0n) is 3.67. The van der Waals surface area contributed by atoms with E-state index in [0.29, 0.717) is 0 Å². The van der Waals surface area contributed by atoms with Gasteiger partial charge in [-0.15, -0.1) is 0 Å². The van der Waals surface area contributed by atoms with E-state index in [1.165, 1.54) is 0 Å². The van der Waals surface area contributed by atoms with E-state index in [2.05, 4.69) is 0 Å². The van der Waals surface area contributed by atoms with Crippen molar-refractivity contribution in [1.29, 1.82) is 0 Å². The van der Waals surface area contributed by atoms with Gasteiger partial charge < -0.3 is 16.1 Å². The number of carbonyl (C=O) groups excluding carboxylic acids is 1. The molecule has 0 aliphatic rings. The van der Waals surface area contributed by atoms with Gasteiger partial charge in [-0.25, -0.2) is 0 Å². The quantitative estimate of drug-likeness (QED) is 0.436. The first kappa shape index (κ1) is 16.8. The van der Waals surface area contributed by atoms with Crippen molar-refractivity contribution < 1.29 is 27.0 Å². The molecule has 0 aliphatic heterocycles. The maximum atomic E-state index is 8.89. The van der Waals surface area contributed by atoms with Crippen LogP contribution < -0.4 is 11.3 Å². The summed E-state index contributed by atoms with van der Waals surface area (Å²) in [5, 5.41) is 8.89. The van der Waals surface area contributed by atoms with Crippen molar-refractivity contribution in [2.24, 2.45) is 0 Å². The monoisotopic (exact) mass is 133 g/mol. The molecule has 0 aromatic carbocycles. The Bertz CT molecular complexity index is 34.5. The second-order valence-electron chi connectivity index (χ2n) is 0.492. The fraction of sp³-hybridized carbons (Fsp3) is 0.500. The molecule has 37 valence electrons. The maximum Gasteiger partial charge on any atom is 3.00 e. The van der Waals surface area contributed by atoms with Gasteiger partial charge in [0.25, 0.3) is 0 Å². The number of hydrogen-bond donors (Lipinski definition) is 1. The summed E-state index contributed by atoms with van der Waals surface area (Å²) in [7, 11) is 0. The fourth-order valence-corrected chi connectivity index (χ4v) is 0. The van der Waals surface area contributed by atoms with E-state index in [0.717, 1.165) is 6.92 Å². The van der Waals surface area contributed by atoms with Crippen LogP contribution in [0, 0.1) is 0 Å². The Hall–Kier alpha value is -0.0505. The van der Waals surface area contributed by atoms with E-state index >= 15 is 0 Å². The van der Waals surface area contributed by atoms with Gasteiger partial charge in [0.05, 0.1) is 0 Å². The Morgan fingerprint density at radius 2 is 1.67 bits per heavy atom. The molecule has 6 heavy (non-hydrogen) atoms. The molecule has 4 N–H and O–H groups in total. The minimum Gasteiger partial charge on any atom is -0.550 e. The first-order chi connectivity index (χ1) is 1.73. The van der Waals surface area contributed by atoms with Crippen molar-refractivity contribution in [3.63, 3.8) is 0 Å². The summed E-state index contributed by atoms with van der Waals surface area (Å²) >= 11 is 0. The van der Waals surface area contributed by atoms with Crippen LogP contribution in [-0.4, -0.2) is 5.97 Å². The average Bonchev–Trinajstić information content (AvgIpc) is 0.811. The third kappa shape index (κ3) is 13500. The van der Waals surface area contributed by atoms with Crippen LogP contribution in [0.4, 0.5) is 0 Å². The number of rotatable bonds is 0. The van der Waals surface area contributed by atoms with E-state index in [-0.39, 0.29) is 23.2 Å². The van der Waals surface area contributed by atoms with Gasteiger partial charge in [-0.05, 0) is 6.92 Å². The summed E-state index contributed by atoms with van der Waals surface area (Å²) in [4.78, 5) is 8.89. The van der Waals surface area contributed by atoms with E-state index in [4.69, 9.17) is 9.90 Å². The van der Waals surface area contributed by atoms with Crippen molar-refractivity contribution in [3.8, 4) is 0 Å². The van der Waals surface area contributed by atoms with Crippen LogP contribution in [-0.2, 0) is 21.9 Å². The van der Waals surface area contributed by atoms with Gasteiger partial charge in [0.1, 0.15) is 0 Å². The Balaban J connectivity index is -0.0000000450. The van der Waals surface area contributed by atoms with E-state index < -0.39 is 5.97 Å². The molecule has 1 radical (unpaired) electrons. The SMILES string of the molecule is CC(=O)[O-].[Fe+3].[NH4+]. The molecule has 0 unspecified atom stereocenters. The molecule has 0 saturated heterocycles. The largest absolute Gasteiger partial charge is 3.00 e. The van der Waals surface area contributed by atoms with E-state index in [1.54, 1.807) is 0 Å². The first-order valence-electron chi connectivity index (χ1n) is 0.908. The predicted octanol–water partition coefficient (Wildman–Crippen LogP) is -0.870. The number of hydrogen-bond acceptors (Lipinski definition) is 2. The molecule has 0 saturated carbocycles. The molecule has 0 atom stereocenters. The van der Waals surface area contributed by atoms with Crippen LogP contribution in [0.15, 0.2) is 0 Å². The third-order valence-electron chi connectivity index (χ3n) is 0. The minimum atomic E-state index is -1.08. The average molecular weight is 133 g/mol. The van der Waals surface area contributed by atoms with Crippen LogP contribution in [0.3, 0.4) is 0 Å². The second kappa shape index (κ2) is 8.87. The topological polar surface area (TPSA) is 76.6 Å². The van der Waals surface area contributed by atoms with Crippen LogP contribution in [0.1, 0.15) is 6.92 Å². The van der Waals surface area contributed by atoms with Crippen molar-refractivity contribution in [2.45, 2.75) is 6.92 Å². The second-order valence-corrected chi connectivity index (χ2v) is 0.492. The number of aliphatic carboxylic acids is 1. The van der Waals surface area contributed by atoms with Gasteiger partial charge in [0.2, 0.25) is 0 Å². The number of carbonyl (C=O) groups is 1. The third-order valence-corrected chi connectivity index (χ3v) is 0. The minimum absolute atomic E-state index is 0. The van der Waals surface area contributed by atoms with Crippen molar-refractivity contribution >= 4 is 5.97 Å². The van der Waals surface area contributed by atoms with Crippen molar-refractivity contribution in [2.75, 3.05) is 0 Å². The Morgan fingerprint density at radius 1 is 1.67 bits per heavy atom. The van der Waals surface area contributed by atoms with Gasteiger partial charge in [-0.2, -0.15) is 0 Å². The van der Waals surface area contributed by atoms with Gasteiger partial charge in [-0.1, -0.05) is 0 Å². The Labute approximate surface area is 46.8 Å². The van der Waals surface area contributed by atoms with E-state index in [1.807, 2.05) is 0 Å². The molecular weight excluding hydrogens is 126 g/mol. The van der Waals surface area contributed by atoms with E-state index in [9.17, 15) is 0 Å². The number of carboxylic acids is 1. The standard InChI is InChI=1S/C2H4O2.Fe.H3N/c1-2(3)4;;/h1H3,(H,3,4);;1H3/q;+3;. The zero-order chi connectivity index (χ0) is 3.58. The first-order valence-corrected chi connectivity index (χ1v) is 0.908. The molecule has 0 fully saturated rings. The molecule has 0 aliphatic carbocycles. The number of quaternary nitrogens is 1. The molecular formula is C2H7FeNO2+3. The van der Waals surface area contributed by atoms with Crippen LogP contribution in [0.2, 0.25) is 0 Å². The number of carboxylic acid groups (broad SMARTS) is 1. The molecule has 0 rings (SSSR count). The maximum absolute atomic E-state index is 8.89. The van der Waals surface area contributed by atoms with Gasteiger partial charge in [0, 0.05) is 5.97 Å². The normalized spacial score (nSPS) is 4.17. The molecule has 0 aromatic rings. The summed E-state index contributed by atoms with van der Waals surface area (Å²) in [5.41, 5.74) is 0. The summed E-state index contributed by atoms with van der Waals surface area (Å²) < 4.78 is 0. The molecule has 0 amide bonds. The summed E-state index contributed by atoms with van der Waals surface area (Å²) in [6, 6.07) is 0. The Kier molecular flexibility index (Phi) is 24.8. The van der Waals surface area contributed by atoms with Crippen molar-refractivity contribution in [3.05, 3.63) is 0 Å². The van der Waals surface area contributed by atoms with Crippen molar-refractivity contribution in [1.82, 2.24) is 6.15 Å². The van der Waals surface area contributed by atoms with Gasteiger partial charge >= 0.3 is 17.1 Å². The molecule has 0 aromatic heterocycles. The van der Waals surface area contributed by atoms with Crippen LogP contribution in [0.5, 0.6) is 0 Å². The van der Waals surface area contributed by atoms with Crippen LogP contribution in [0.25, 0.3) is 0 Å².